The first-order chi connectivity index (χ1) is 14.6. The second-order valence-electron chi connectivity index (χ2n) is 8.07. The van der Waals surface area contributed by atoms with Gasteiger partial charge in [0.1, 0.15) is 5.82 Å². The van der Waals surface area contributed by atoms with E-state index in [-0.39, 0.29) is 11.7 Å². The number of amides is 1. The number of nitrogens with one attached hydrogen (secondary N) is 1. The normalized spacial score (nSPS) is 17.2. The number of benzene rings is 2. The van der Waals surface area contributed by atoms with Crippen molar-refractivity contribution >= 4 is 16.8 Å². The van der Waals surface area contributed by atoms with Gasteiger partial charge in [0.15, 0.2) is 0 Å². The van der Waals surface area contributed by atoms with E-state index >= 15 is 0 Å². The first-order valence-electron chi connectivity index (χ1n) is 10.8. The average Bonchev–Trinajstić information content (AvgIpc) is 2.77. The van der Waals surface area contributed by atoms with Crippen LogP contribution in [-0.4, -0.2) is 41.5 Å². The van der Waals surface area contributed by atoms with Gasteiger partial charge in [0, 0.05) is 30.1 Å². The first kappa shape index (κ1) is 20.5. The smallest absolute Gasteiger partial charge is 0.252 e. The molecule has 30 heavy (non-hydrogen) atoms. The van der Waals surface area contributed by atoms with Crippen molar-refractivity contribution in [3.63, 3.8) is 0 Å². The fourth-order valence-electron chi connectivity index (χ4n) is 4.21. The molecule has 1 aliphatic rings. The van der Waals surface area contributed by atoms with E-state index in [1.54, 1.807) is 12.1 Å². The predicted octanol–water partition coefficient (Wildman–Crippen LogP) is 5.04. The van der Waals surface area contributed by atoms with Gasteiger partial charge >= 0.3 is 0 Å². The number of fused-ring (bicyclic) bond motifs is 1. The van der Waals surface area contributed by atoms with Crippen LogP contribution in [0.3, 0.4) is 0 Å². The van der Waals surface area contributed by atoms with Crippen molar-refractivity contribution in [1.82, 2.24) is 15.2 Å². The van der Waals surface area contributed by atoms with Gasteiger partial charge in [-0.1, -0.05) is 36.8 Å². The molecule has 1 aliphatic heterocycles. The Labute approximate surface area is 177 Å². The summed E-state index contributed by atoms with van der Waals surface area (Å²) in [6, 6.07) is 16.5. The Morgan fingerprint density at radius 2 is 2.00 bits per heavy atom. The molecule has 1 amide bonds. The van der Waals surface area contributed by atoms with Crippen LogP contribution in [0.5, 0.6) is 0 Å². The van der Waals surface area contributed by atoms with Crippen LogP contribution < -0.4 is 5.32 Å². The van der Waals surface area contributed by atoms with Crippen LogP contribution in [0.1, 0.15) is 43.0 Å². The quantitative estimate of drug-likeness (QED) is 0.585. The summed E-state index contributed by atoms with van der Waals surface area (Å²) in [6.45, 7) is 5.01. The van der Waals surface area contributed by atoms with Crippen molar-refractivity contribution in [2.45, 2.75) is 38.6 Å². The molecule has 0 radical (unpaired) electrons. The second-order valence-corrected chi connectivity index (χ2v) is 8.07. The topological polar surface area (TPSA) is 45.2 Å². The minimum Gasteiger partial charge on any atom is -0.352 e. The van der Waals surface area contributed by atoms with Gasteiger partial charge in [-0.25, -0.2) is 9.37 Å². The summed E-state index contributed by atoms with van der Waals surface area (Å²) in [5.74, 6) is -0.554. The molecule has 156 valence electrons. The molecule has 0 spiro atoms. The molecule has 2 heterocycles. The molecule has 1 N–H and O–H groups in total. The van der Waals surface area contributed by atoms with E-state index in [1.165, 1.54) is 31.4 Å². The maximum absolute atomic E-state index is 13.9. The largest absolute Gasteiger partial charge is 0.352 e. The van der Waals surface area contributed by atoms with E-state index in [9.17, 15) is 9.18 Å². The summed E-state index contributed by atoms with van der Waals surface area (Å²) in [5.41, 5.74) is 2.72. The van der Waals surface area contributed by atoms with Crippen molar-refractivity contribution in [3.05, 3.63) is 66.0 Å². The molecule has 0 bridgehead atoms. The zero-order valence-corrected chi connectivity index (χ0v) is 17.4. The molecule has 0 aliphatic carbocycles. The molecule has 3 aromatic rings. The highest BCUT2D eigenvalue weighted by Crippen LogP contribution is 2.25. The fraction of sp³-hybridized carbons (Fsp3) is 0.360. The number of likely N-dealkylation sites (tertiary alicyclic amines) is 1. The number of carbonyl (C=O) groups excluding carboxylic acids is 1. The standard InChI is InChI=1S/C25H28FN3O/c1-18-8-5-6-14-29(18)15-7-13-27-25(30)22-17-24(19-9-3-2-4-10-19)28-23-12-11-20(26)16-21(22)23/h2-4,9-12,16-18H,5-8,13-15H2,1H3,(H,27,30). The Bertz CT molecular complexity index is 1020. The maximum Gasteiger partial charge on any atom is 0.252 e. The van der Waals surface area contributed by atoms with Crippen LogP contribution in [0.2, 0.25) is 0 Å². The third kappa shape index (κ3) is 4.68. The number of halogens is 1. The van der Waals surface area contributed by atoms with E-state index in [2.05, 4.69) is 22.1 Å². The van der Waals surface area contributed by atoms with Crippen LogP contribution in [0.25, 0.3) is 22.2 Å². The van der Waals surface area contributed by atoms with E-state index in [4.69, 9.17) is 0 Å². The van der Waals surface area contributed by atoms with Gasteiger partial charge in [-0.05, 0) is 57.0 Å². The van der Waals surface area contributed by atoms with Crippen molar-refractivity contribution in [1.29, 1.82) is 0 Å². The Kier molecular flexibility index (Phi) is 6.38. The van der Waals surface area contributed by atoms with Crippen LogP contribution in [0.15, 0.2) is 54.6 Å². The van der Waals surface area contributed by atoms with Gasteiger partial charge < -0.3 is 10.2 Å². The minimum atomic E-state index is -0.370. The zero-order valence-electron chi connectivity index (χ0n) is 17.4. The van der Waals surface area contributed by atoms with E-state index in [0.29, 0.717) is 34.7 Å². The third-order valence-electron chi connectivity index (χ3n) is 5.93. The van der Waals surface area contributed by atoms with Crippen molar-refractivity contribution in [2.24, 2.45) is 0 Å². The molecule has 0 saturated carbocycles. The fourth-order valence-corrected chi connectivity index (χ4v) is 4.21. The van der Waals surface area contributed by atoms with Gasteiger partial charge in [0.25, 0.3) is 5.91 Å². The van der Waals surface area contributed by atoms with Crippen molar-refractivity contribution < 1.29 is 9.18 Å². The molecule has 1 atom stereocenters. The number of pyridine rings is 1. The molecule has 4 nitrogen and oxygen atoms in total. The summed E-state index contributed by atoms with van der Waals surface area (Å²) in [4.78, 5) is 20.1. The van der Waals surface area contributed by atoms with Crippen LogP contribution >= 0.6 is 0 Å². The lowest BCUT2D eigenvalue weighted by molar-refractivity contribution is 0.0950. The van der Waals surface area contributed by atoms with Gasteiger partial charge in [-0.15, -0.1) is 0 Å². The number of hydrogen-bond acceptors (Lipinski definition) is 3. The Balaban J connectivity index is 1.51. The lowest BCUT2D eigenvalue weighted by atomic mass is 10.0. The summed E-state index contributed by atoms with van der Waals surface area (Å²) in [5, 5.41) is 3.57. The first-order valence-corrected chi connectivity index (χ1v) is 10.8. The van der Waals surface area contributed by atoms with Gasteiger partial charge in [-0.3, -0.25) is 4.79 Å². The Morgan fingerprint density at radius 3 is 2.80 bits per heavy atom. The number of piperidine rings is 1. The van der Waals surface area contributed by atoms with E-state index in [1.807, 2.05) is 30.3 Å². The molecule has 4 rings (SSSR count). The molecular weight excluding hydrogens is 377 g/mol. The average molecular weight is 406 g/mol. The Morgan fingerprint density at radius 1 is 1.17 bits per heavy atom. The summed E-state index contributed by atoms with van der Waals surface area (Å²) in [7, 11) is 0. The van der Waals surface area contributed by atoms with Gasteiger partial charge in [0.2, 0.25) is 0 Å². The van der Waals surface area contributed by atoms with Gasteiger partial charge in [0.05, 0.1) is 16.8 Å². The van der Waals surface area contributed by atoms with Crippen molar-refractivity contribution in [3.8, 4) is 11.3 Å². The summed E-state index contributed by atoms with van der Waals surface area (Å²) in [6.07, 6.45) is 4.72. The lowest BCUT2D eigenvalue weighted by Gasteiger charge is -2.33. The minimum absolute atomic E-state index is 0.183. The number of rotatable bonds is 6. The third-order valence-corrected chi connectivity index (χ3v) is 5.93. The SMILES string of the molecule is CC1CCCCN1CCCNC(=O)c1cc(-c2ccccc2)nc2ccc(F)cc12. The molecule has 1 aromatic heterocycles. The maximum atomic E-state index is 13.9. The van der Waals surface area contributed by atoms with Crippen LogP contribution in [0, 0.1) is 5.82 Å². The second kappa shape index (κ2) is 9.35. The van der Waals surface area contributed by atoms with Crippen LogP contribution in [-0.2, 0) is 0 Å². The zero-order chi connectivity index (χ0) is 20.9. The summed E-state index contributed by atoms with van der Waals surface area (Å²) < 4.78 is 13.9. The number of aromatic nitrogens is 1. The number of nitrogens with zero attached hydrogens (tertiary/aromatic N) is 2. The van der Waals surface area contributed by atoms with E-state index < -0.39 is 0 Å². The number of carbonyl (C=O) groups is 1. The molecular formula is C25H28FN3O. The van der Waals surface area contributed by atoms with Crippen molar-refractivity contribution in [2.75, 3.05) is 19.6 Å². The Hall–Kier alpha value is -2.79. The highest BCUT2D eigenvalue weighted by molar-refractivity contribution is 6.07. The molecule has 1 unspecified atom stereocenters. The predicted molar refractivity (Wildman–Crippen MR) is 119 cm³/mol. The lowest BCUT2D eigenvalue weighted by Crippen LogP contribution is -2.39. The van der Waals surface area contributed by atoms with Gasteiger partial charge in [-0.2, -0.15) is 0 Å². The molecule has 1 fully saturated rings. The highest BCUT2D eigenvalue weighted by atomic mass is 19.1. The molecule has 5 heteroatoms. The molecule has 2 aromatic carbocycles. The molecule has 1 saturated heterocycles. The monoisotopic (exact) mass is 405 g/mol. The summed E-state index contributed by atoms with van der Waals surface area (Å²) >= 11 is 0. The highest BCUT2D eigenvalue weighted by Gasteiger charge is 2.18. The van der Waals surface area contributed by atoms with E-state index in [0.717, 1.165) is 25.1 Å². The number of hydrogen-bond donors (Lipinski definition) is 1. The van der Waals surface area contributed by atoms with Crippen LogP contribution in [0.4, 0.5) is 4.39 Å².